The molecule has 1 amide bonds. The van der Waals surface area contributed by atoms with E-state index in [0.717, 1.165) is 45.2 Å². The van der Waals surface area contributed by atoms with Crippen molar-refractivity contribution < 1.29 is 17.9 Å². The molecule has 3 heterocycles. The fourth-order valence-electron chi connectivity index (χ4n) is 3.37. The van der Waals surface area contributed by atoms with E-state index in [1.54, 1.807) is 12.3 Å². The number of nitrogens with one attached hydrogen (secondary N) is 3. The zero-order chi connectivity index (χ0) is 19.1. The summed E-state index contributed by atoms with van der Waals surface area (Å²) >= 11 is 0. The topological polar surface area (TPSA) is 114 Å². The summed E-state index contributed by atoms with van der Waals surface area (Å²) in [4.78, 5) is 12.2. The molecular weight excluding hydrogens is 370 g/mol. The summed E-state index contributed by atoms with van der Waals surface area (Å²) in [5, 5.41) is 10.3. The maximum atomic E-state index is 12.2. The van der Waals surface area contributed by atoms with Crippen molar-refractivity contribution in [2.75, 3.05) is 38.5 Å². The summed E-state index contributed by atoms with van der Waals surface area (Å²) in [6.07, 6.45) is 6.83. The molecule has 2 saturated heterocycles. The van der Waals surface area contributed by atoms with Crippen molar-refractivity contribution in [2.45, 2.75) is 44.2 Å². The van der Waals surface area contributed by atoms with Gasteiger partial charge in [0.1, 0.15) is 5.69 Å². The van der Waals surface area contributed by atoms with Gasteiger partial charge in [0, 0.05) is 32.4 Å². The number of rotatable bonds is 8. The van der Waals surface area contributed by atoms with Crippen LogP contribution in [0.15, 0.2) is 12.3 Å². The molecule has 0 saturated carbocycles. The van der Waals surface area contributed by atoms with Crippen molar-refractivity contribution in [3.63, 3.8) is 0 Å². The summed E-state index contributed by atoms with van der Waals surface area (Å²) in [6.45, 7) is 2.87. The Hall–Kier alpha value is -1.49. The van der Waals surface area contributed by atoms with Crippen molar-refractivity contribution in [1.29, 1.82) is 0 Å². The Morgan fingerprint density at radius 1 is 1.33 bits per heavy atom. The molecule has 27 heavy (non-hydrogen) atoms. The molecule has 2 unspecified atom stereocenters. The largest absolute Gasteiger partial charge is 0.377 e. The quantitative estimate of drug-likeness (QED) is 0.568. The van der Waals surface area contributed by atoms with E-state index in [1.807, 2.05) is 4.68 Å². The van der Waals surface area contributed by atoms with Crippen molar-refractivity contribution >= 4 is 15.9 Å². The molecule has 0 radical (unpaired) electrons. The number of carbonyl (C=O) groups is 1. The average Bonchev–Trinajstić information content (AvgIpc) is 3.18. The first-order valence-electron chi connectivity index (χ1n) is 9.66. The van der Waals surface area contributed by atoms with Crippen molar-refractivity contribution in [3.05, 3.63) is 18.0 Å². The summed E-state index contributed by atoms with van der Waals surface area (Å²) in [5.74, 6) is -0.526. The minimum Gasteiger partial charge on any atom is -0.377 e. The smallest absolute Gasteiger partial charge is 0.271 e. The highest BCUT2D eigenvalue weighted by atomic mass is 32.2. The fraction of sp³-hybridized carbons (Fsp3) is 0.765. The van der Waals surface area contributed by atoms with E-state index < -0.39 is 10.0 Å². The summed E-state index contributed by atoms with van der Waals surface area (Å²) in [7, 11) is -3.45. The Balaban J connectivity index is 1.40. The first kappa shape index (κ1) is 20.2. The lowest BCUT2D eigenvalue weighted by Gasteiger charge is -2.22. The first-order valence-corrected chi connectivity index (χ1v) is 11.3. The fourth-order valence-corrected chi connectivity index (χ4v) is 4.33. The van der Waals surface area contributed by atoms with Gasteiger partial charge in [0.05, 0.1) is 17.9 Å². The molecule has 1 aromatic heterocycles. The third kappa shape index (κ3) is 6.27. The number of hydrogen-bond donors (Lipinski definition) is 3. The first-order chi connectivity index (χ1) is 13.0. The molecular formula is C17H29N5O4S. The molecule has 0 spiro atoms. The Kier molecular flexibility index (Phi) is 7.22. The second-order valence-electron chi connectivity index (χ2n) is 7.09. The van der Waals surface area contributed by atoms with Crippen LogP contribution in [0.5, 0.6) is 0 Å². The molecule has 2 aliphatic heterocycles. The number of aromatic nitrogens is 2. The summed E-state index contributed by atoms with van der Waals surface area (Å²) < 4.78 is 34.0. The molecule has 10 heteroatoms. The van der Waals surface area contributed by atoms with E-state index >= 15 is 0 Å². The van der Waals surface area contributed by atoms with Crippen LogP contribution < -0.4 is 15.4 Å². The molecule has 0 bridgehead atoms. The minimum absolute atomic E-state index is 0.0392. The molecule has 2 aliphatic rings. The van der Waals surface area contributed by atoms with Gasteiger partial charge in [0.25, 0.3) is 5.91 Å². The van der Waals surface area contributed by atoms with Gasteiger partial charge in [0.2, 0.25) is 10.0 Å². The second-order valence-corrected chi connectivity index (χ2v) is 9.02. The molecule has 0 aliphatic carbocycles. The van der Waals surface area contributed by atoms with Gasteiger partial charge < -0.3 is 15.4 Å². The third-order valence-electron chi connectivity index (χ3n) is 4.95. The van der Waals surface area contributed by atoms with E-state index in [2.05, 4.69) is 20.5 Å². The normalized spacial score (nSPS) is 23.9. The number of hydrogen-bond acceptors (Lipinski definition) is 6. The van der Waals surface area contributed by atoms with Crippen LogP contribution >= 0.6 is 0 Å². The highest BCUT2D eigenvalue weighted by Gasteiger charge is 2.19. The maximum absolute atomic E-state index is 12.2. The molecule has 1 aromatic rings. The Morgan fingerprint density at radius 2 is 2.22 bits per heavy atom. The van der Waals surface area contributed by atoms with Crippen LogP contribution in [0.25, 0.3) is 0 Å². The van der Waals surface area contributed by atoms with E-state index in [1.165, 1.54) is 0 Å². The van der Waals surface area contributed by atoms with Crippen molar-refractivity contribution in [3.8, 4) is 0 Å². The molecule has 2 atom stereocenters. The number of sulfonamides is 1. The van der Waals surface area contributed by atoms with Gasteiger partial charge in [-0.3, -0.25) is 9.48 Å². The number of amides is 1. The van der Waals surface area contributed by atoms with Gasteiger partial charge >= 0.3 is 0 Å². The van der Waals surface area contributed by atoms with Crippen LogP contribution in [0.4, 0.5) is 0 Å². The van der Waals surface area contributed by atoms with Crippen LogP contribution in [0.3, 0.4) is 0 Å². The van der Waals surface area contributed by atoms with E-state index in [9.17, 15) is 13.2 Å². The Morgan fingerprint density at radius 3 is 2.96 bits per heavy atom. The highest BCUT2D eigenvalue weighted by molar-refractivity contribution is 7.89. The van der Waals surface area contributed by atoms with Gasteiger partial charge in [-0.2, -0.15) is 5.10 Å². The van der Waals surface area contributed by atoms with Crippen LogP contribution in [0.2, 0.25) is 0 Å². The minimum atomic E-state index is -3.45. The molecule has 9 nitrogen and oxygen atoms in total. The molecule has 3 rings (SSSR count). The zero-order valence-corrected chi connectivity index (χ0v) is 16.3. The van der Waals surface area contributed by atoms with E-state index in [-0.39, 0.29) is 36.9 Å². The maximum Gasteiger partial charge on any atom is 0.271 e. The van der Waals surface area contributed by atoms with Gasteiger partial charge in [-0.05, 0) is 44.7 Å². The van der Waals surface area contributed by atoms with Gasteiger partial charge in [0.15, 0.2) is 0 Å². The zero-order valence-electron chi connectivity index (χ0n) is 15.5. The lowest BCUT2D eigenvalue weighted by Crippen LogP contribution is -2.39. The molecule has 2 fully saturated rings. The van der Waals surface area contributed by atoms with Gasteiger partial charge in [-0.1, -0.05) is 0 Å². The number of piperidine rings is 1. The number of carbonyl (C=O) groups excluding carboxylic acids is 1. The van der Waals surface area contributed by atoms with Crippen LogP contribution in [-0.4, -0.2) is 68.7 Å². The Bertz CT molecular complexity index is 709. The lowest BCUT2D eigenvalue weighted by molar-refractivity contribution is 0.0200. The molecule has 0 aromatic carbocycles. The summed E-state index contributed by atoms with van der Waals surface area (Å²) in [6, 6.07) is 1.92. The molecule has 3 N–H and O–H groups in total. The standard InChI is InChI=1S/C17H29N5O4S/c23-17(16-6-9-22(21-16)14-4-3-7-18-12-14)19-8-11-27(24,25)20-13-15-5-1-2-10-26-15/h6,9,14-15,18,20H,1-5,7-8,10-13H2,(H,19,23). The van der Waals surface area contributed by atoms with Crippen molar-refractivity contribution in [1.82, 2.24) is 25.1 Å². The van der Waals surface area contributed by atoms with E-state index in [0.29, 0.717) is 12.3 Å². The van der Waals surface area contributed by atoms with Crippen LogP contribution in [-0.2, 0) is 14.8 Å². The SMILES string of the molecule is O=C(NCCS(=O)(=O)NCC1CCCCO1)c1ccn(C2CCCNC2)n1. The number of nitrogens with zero attached hydrogens (tertiary/aromatic N) is 2. The summed E-state index contributed by atoms with van der Waals surface area (Å²) in [5.41, 5.74) is 0.307. The highest BCUT2D eigenvalue weighted by Crippen LogP contribution is 2.15. The van der Waals surface area contributed by atoms with Gasteiger partial charge in [-0.15, -0.1) is 0 Å². The lowest BCUT2D eigenvalue weighted by atomic mass is 10.1. The van der Waals surface area contributed by atoms with E-state index in [4.69, 9.17) is 4.74 Å². The second kappa shape index (κ2) is 9.63. The predicted octanol–water partition coefficient (Wildman–Crippen LogP) is 0.0259. The number of ether oxygens (including phenoxy) is 1. The van der Waals surface area contributed by atoms with Crippen LogP contribution in [0, 0.1) is 0 Å². The predicted molar refractivity (Wildman–Crippen MR) is 101 cm³/mol. The van der Waals surface area contributed by atoms with Crippen molar-refractivity contribution in [2.24, 2.45) is 0 Å². The Labute approximate surface area is 160 Å². The molecule has 152 valence electrons. The van der Waals surface area contributed by atoms with Gasteiger partial charge in [-0.25, -0.2) is 13.1 Å². The van der Waals surface area contributed by atoms with Crippen LogP contribution in [0.1, 0.15) is 48.6 Å². The average molecular weight is 400 g/mol. The monoisotopic (exact) mass is 399 g/mol. The third-order valence-corrected chi connectivity index (χ3v) is 6.30.